The molecule has 0 heterocycles. The molecule has 0 amide bonds. The highest BCUT2D eigenvalue weighted by Crippen LogP contribution is 2.47. The first-order valence-corrected chi connectivity index (χ1v) is 13.6. The van der Waals surface area contributed by atoms with Gasteiger partial charge >= 0.3 is 0 Å². The maximum absolute atomic E-state index is 6.83. The largest absolute Gasteiger partial charge is 0.325 e. The summed E-state index contributed by atoms with van der Waals surface area (Å²) in [4.78, 5) is 0. The highest BCUT2D eigenvalue weighted by molar-refractivity contribution is 6.58. The summed E-state index contributed by atoms with van der Waals surface area (Å²) in [6.45, 7) is 23.2. The second-order valence-corrected chi connectivity index (χ2v) is 14.7. The summed E-state index contributed by atoms with van der Waals surface area (Å²) in [7, 11) is -0.628. The molecule has 1 unspecified atom stereocenters. The van der Waals surface area contributed by atoms with Crippen molar-refractivity contribution < 1.29 is 0 Å². The van der Waals surface area contributed by atoms with E-state index in [1.807, 2.05) is 0 Å². The zero-order valence-corrected chi connectivity index (χ0v) is 21.2. The molecule has 0 saturated heterocycles. The molecular formula is C27H40NSi. The van der Waals surface area contributed by atoms with Gasteiger partial charge in [0.2, 0.25) is 0 Å². The molecule has 1 aliphatic carbocycles. The molecule has 157 valence electrons. The summed E-state index contributed by atoms with van der Waals surface area (Å²) in [5.74, 6) is 0. The third-order valence-electron chi connectivity index (χ3n) is 6.40. The van der Waals surface area contributed by atoms with Crippen LogP contribution in [0, 0.1) is 0 Å². The van der Waals surface area contributed by atoms with Crippen LogP contribution in [0.5, 0.6) is 0 Å². The van der Waals surface area contributed by atoms with Gasteiger partial charge < -0.3 is 5.73 Å². The van der Waals surface area contributed by atoms with E-state index in [0.29, 0.717) is 5.54 Å². The smallest absolute Gasteiger partial charge is 0.0521 e. The van der Waals surface area contributed by atoms with Gasteiger partial charge in [-0.25, -0.2) is 0 Å². The molecule has 0 bridgehead atoms. The summed E-state index contributed by atoms with van der Waals surface area (Å²) in [5.41, 5.74) is 17.6. The second-order valence-electron chi connectivity index (χ2n) is 11.9. The summed E-state index contributed by atoms with van der Waals surface area (Å²) in [6.07, 6.45) is 1.04. The van der Waals surface area contributed by atoms with Crippen molar-refractivity contribution in [1.82, 2.24) is 0 Å². The fraction of sp³-hybridized carbons (Fsp3) is 0.556. The highest BCUT2D eigenvalue weighted by atomic mass is 28.3. The number of hydrogen-bond donors (Lipinski definition) is 1. The third-order valence-corrected chi connectivity index (χ3v) is 8.59. The van der Waals surface area contributed by atoms with Gasteiger partial charge in [0.1, 0.15) is 0 Å². The molecule has 2 aromatic carbocycles. The minimum Gasteiger partial charge on any atom is -0.325 e. The molecule has 1 atom stereocenters. The Bertz CT molecular complexity index is 917. The molecule has 0 spiro atoms. The number of fused-ring (bicyclic) bond motifs is 3. The number of hydrogen-bond acceptors (Lipinski definition) is 1. The van der Waals surface area contributed by atoms with Gasteiger partial charge in [0.05, 0.1) is 8.80 Å². The third kappa shape index (κ3) is 4.11. The van der Waals surface area contributed by atoms with E-state index < -0.39 is 8.80 Å². The Labute approximate surface area is 180 Å². The first kappa shape index (κ1) is 22.3. The lowest BCUT2D eigenvalue weighted by molar-refractivity contribution is 0.478. The topological polar surface area (TPSA) is 26.0 Å². The van der Waals surface area contributed by atoms with Gasteiger partial charge in [-0.3, -0.25) is 0 Å². The minimum atomic E-state index is -0.628. The van der Waals surface area contributed by atoms with Gasteiger partial charge in [-0.2, -0.15) is 0 Å². The van der Waals surface area contributed by atoms with Crippen molar-refractivity contribution >= 4 is 8.80 Å². The van der Waals surface area contributed by atoms with Crippen LogP contribution in [-0.4, -0.2) is 14.3 Å². The molecule has 0 aliphatic heterocycles. The van der Waals surface area contributed by atoms with E-state index in [1.165, 1.54) is 33.4 Å². The second kappa shape index (κ2) is 7.09. The molecule has 1 aliphatic rings. The van der Waals surface area contributed by atoms with Crippen LogP contribution in [0.3, 0.4) is 0 Å². The van der Waals surface area contributed by atoms with Gasteiger partial charge in [-0.1, -0.05) is 85.0 Å². The van der Waals surface area contributed by atoms with Gasteiger partial charge in [0.25, 0.3) is 0 Å². The quantitative estimate of drug-likeness (QED) is 0.467. The maximum Gasteiger partial charge on any atom is 0.0521 e. The summed E-state index contributed by atoms with van der Waals surface area (Å²) in [6, 6.07) is 11.9. The highest BCUT2D eigenvalue weighted by Gasteiger charge is 2.38. The van der Waals surface area contributed by atoms with Crippen molar-refractivity contribution in [3.8, 4) is 11.1 Å². The van der Waals surface area contributed by atoms with Crippen molar-refractivity contribution in [3.63, 3.8) is 0 Å². The van der Waals surface area contributed by atoms with Crippen LogP contribution >= 0.6 is 0 Å². The van der Waals surface area contributed by atoms with Crippen molar-refractivity contribution in [3.05, 3.63) is 58.1 Å². The summed E-state index contributed by atoms with van der Waals surface area (Å²) in [5, 5.41) is 0. The Balaban J connectivity index is 2.28. The fourth-order valence-corrected chi connectivity index (χ4v) is 7.55. The number of nitrogens with two attached hydrogens (primary N) is 1. The van der Waals surface area contributed by atoms with Crippen LogP contribution in [0.25, 0.3) is 11.1 Å². The predicted octanol–water partition coefficient (Wildman–Crippen LogP) is 6.97. The van der Waals surface area contributed by atoms with E-state index in [4.69, 9.17) is 5.73 Å². The first-order valence-electron chi connectivity index (χ1n) is 11.0. The van der Waals surface area contributed by atoms with E-state index in [0.717, 1.165) is 6.42 Å². The number of benzene rings is 2. The van der Waals surface area contributed by atoms with Gasteiger partial charge in [-0.15, -0.1) is 0 Å². The van der Waals surface area contributed by atoms with Crippen LogP contribution < -0.4 is 5.73 Å². The summed E-state index contributed by atoms with van der Waals surface area (Å²) < 4.78 is 0. The standard InChI is InChI=1S/C27H40NSi/c1-25(2,3)18-11-12-19-17(15-18)16-21-20(19)13-14-22(26(4,5)6)23(21)24(29(9)10)27(7,8)28/h11-15,24H,16,28H2,1-10H3. The SMILES string of the molecule is C[Si](C)C(c1c(C(C)(C)C)ccc2c1Cc1cc(C(C)(C)C)ccc1-2)C(C)(C)N. The molecule has 2 N–H and O–H groups in total. The monoisotopic (exact) mass is 406 g/mol. The van der Waals surface area contributed by atoms with Gasteiger partial charge in [0, 0.05) is 5.54 Å². The van der Waals surface area contributed by atoms with Crippen LogP contribution in [-0.2, 0) is 17.3 Å². The Morgan fingerprint density at radius 1 is 0.828 bits per heavy atom. The zero-order valence-electron chi connectivity index (χ0n) is 20.2. The van der Waals surface area contributed by atoms with E-state index in [2.05, 4.69) is 98.8 Å². The number of rotatable bonds is 3. The molecule has 3 rings (SSSR count). The Kier molecular flexibility index (Phi) is 5.46. The molecule has 1 nitrogen and oxygen atoms in total. The Hall–Kier alpha value is -1.38. The molecule has 0 saturated carbocycles. The van der Waals surface area contributed by atoms with Crippen LogP contribution in [0.15, 0.2) is 30.3 Å². The van der Waals surface area contributed by atoms with Crippen LogP contribution in [0.2, 0.25) is 13.1 Å². The molecular weight excluding hydrogens is 366 g/mol. The molecule has 29 heavy (non-hydrogen) atoms. The Morgan fingerprint density at radius 2 is 1.41 bits per heavy atom. The average molecular weight is 407 g/mol. The molecule has 0 aromatic heterocycles. The summed E-state index contributed by atoms with van der Waals surface area (Å²) >= 11 is 0. The maximum atomic E-state index is 6.83. The van der Waals surface area contributed by atoms with E-state index in [1.54, 1.807) is 5.56 Å². The molecule has 1 radical (unpaired) electrons. The van der Waals surface area contributed by atoms with E-state index in [-0.39, 0.29) is 16.4 Å². The van der Waals surface area contributed by atoms with Crippen molar-refractivity contribution in [2.75, 3.05) is 0 Å². The Morgan fingerprint density at radius 3 is 1.90 bits per heavy atom. The van der Waals surface area contributed by atoms with Crippen LogP contribution in [0.4, 0.5) is 0 Å². The molecule has 2 aromatic rings. The van der Waals surface area contributed by atoms with Crippen LogP contribution in [0.1, 0.15) is 88.7 Å². The van der Waals surface area contributed by atoms with Gasteiger partial charge in [0.15, 0.2) is 0 Å². The first-order chi connectivity index (χ1) is 13.1. The lowest BCUT2D eigenvalue weighted by atomic mass is 9.77. The molecule has 2 heteroatoms. The lowest BCUT2D eigenvalue weighted by Crippen LogP contribution is -2.46. The fourth-order valence-electron chi connectivity index (χ4n) is 5.16. The predicted molar refractivity (Wildman–Crippen MR) is 131 cm³/mol. The normalized spacial score (nSPS) is 15.4. The molecule has 0 fully saturated rings. The van der Waals surface area contributed by atoms with Gasteiger partial charge in [-0.05, 0) is 75.6 Å². The minimum absolute atomic E-state index is 0.108. The van der Waals surface area contributed by atoms with E-state index >= 15 is 0 Å². The van der Waals surface area contributed by atoms with E-state index in [9.17, 15) is 0 Å². The lowest BCUT2D eigenvalue weighted by Gasteiger charge is -2.39. The van der Waals surface area contributed by atoms with Crippen molar-refractivity contribution in [1.29, 1.82) is 0 Å². The van der Waals surface area contributed by atoms with Crippen molar-refractivity contribution in [2.24, 2.45) is 5.73 Å². The average Bonchev–Trinajstić information content (AvgIpc) is 2.89. The van der Waals surface area contributed by atoms with Crippen molar-refractivity contribution in [2.45, 2.75) is 96.8 Å². The zero-order chi connectivity index (χ0) is 21.9.